The van der Waals surface area contributed by atoms with Crippen LogP contribution in [0.3, 0.4) is 0 Å². The molecule has 1 atom stereocenters. The van der Waals surface area contributed by atoms with Crippen LogP contribution in [0.25, 0.3) is 11.0 Å². The molecule has 96 valence electrons. The van der Waals surface area contributed by atoms with E-state index in [2.05, 4.69) is 21.5 Å². The Kier molecular flexibility index (Phi) is 3.16. The summed E-state index contributed by atoms with van der Waals surface area (Å²) in [6.07, 6.45) is 8.72. The van der Waals surface area contributed by atoms with E-state index >= 15 is 0 Å². The van der Waals surface area contributed by atoms with E-state index in [1.54, 1.807) is 12.4 Å². The van der Waals surface area contributed by atoms with Crippen LogP contribution in [0.15, 0.2) is 12.4 Å². The Hall–Kier alpha value is -0.870. The summed E-state index contributed by atoms with van der Waals surface area (Å²) in [7, 11) is 0. The number of H-pyrrole nitrogens is 1. The normalized spacial score (nSPS) is 18.6. The lowest BCUT2D eigenvalue weighted by Crippen LogP contribution is -2.14. The summed E-state index contributed by atoms with van der Waals surface area (Å²) < 4.78 is 2.92. The molecule has 0 spiro atoms. The molecular formula is C13H16ClN3S. The molecule has 3 rings (SSSR count). The number of pyridine rings is 1. The summed E-state index contributed by atoms with van der Waals surface area (Å²) in [6.45, 7) is 2.25. The lowest BCUT2D eigenvalue weighted by molar-refractivity contribution is 0.365. The van der Waals surface area contributed by atoms with Crippen molar-refractivity contribution in [3.63, 3.8) is 0 Å². The Balaban J connectivity index is 2.15. The van der Waals surface area contributed by atoms with Gasteiger partial charge in [-0.3, -0.25) is 4.98 Å². The van der Waals surface area contributed by atoms with E-state index in [0.29, 0.717) is 17.0 Å². The number of aromatic nitrogens is 3. The Morgan fingerprint density at radius 1 is 1.44 bits per heavy atom. The van der Waals surface area contributed by atoms with E-state index in [1.165, 1.54) is 25.7 Å². The van der Waals surface area contributed by atoms with Crippen molar-refractivity contribution in [3.05, 3.63) is 22.2 Å². The van der Waals surface area contributed by atoms with Crippen LogP contribution >= 0.6 is 23.8 Å². The minimum atomic E-state index is 0.397. The number of hydrogen-bond donors (Lipinski definition) is 1. The maximum atomic E-state index is 6.28. The summed E-state index contributed by atoms with van der Waals surface area (Å²) in [6, 6.07) is 0.397. The van der Waals surface area contributed by atoms with Gasteiger partial charge in [0.1, 0.15) is 0 Å². The van der Waals surface area contributed by atoms with E-state index < -0.39 is 0 Å². The summed E-state index contributed by atoms with van der Waals surface area (Å²) in [4.78, 5) is 7.30. The average Bonchev–Trinajstić information content (AvgIpc) is 2.95. The molecule has 2 heterocycles. The molecule has 2 aromatic rings. The molecule has 2 aromatic heterocycles. The molecule has 0 aliphatic heterocycles. The van der Waals surface area contributed by atoms with Crippen LogP contribution in [0.5, 0.6) is 0 Å². The number of rotatable bonds is 2. The first-order valence-electron chi connectivity index (χ1n) is 6.42. The molecule has 0 radical (unpaired) electrons. The largest absolute Gasteiger partial charge is 0.329 e. The molecule has 0 bridgehead atoms. The van der Waals surface area contributed by atoms with Crippen LogP contribution < -0.4 is 0 Å². The second kappa shape index (κ2) is 4.67. The predicted octanol–water partition coefficient (Wildman–Crippen LogP) is 4.50. The summed E-state index contributed by atoms with van der Waals surface area (Å²) in [5.74, 6) is 0.708. The highest BCUT2D eigenvalue weighted by molar-refractivity contribution is 7.71. The summed E-state index contributed by atoms with van der Waals surface area (Å²) in [5.41, 5.74) is 1.92. The Morgan fingerprint density at radius 3 is 2.89 bits per heavy atom. The van der Waals surface area contributed by atoms with Crippen LogP contribution in [0, 0.1) is 10.7 Å². The number of nitrogens with zero attached hydrogens (tertiary/aromatic N) is 2. The van der Waals surface area contributed by atoms with E-state index in [9.17, 15) is 0 Å². The molecule has 0 aromatic carbocycles. The molecule has 1 saturated carbocycles. The Labute approximate surface area is 116 Å². The Morgan fingerprint density at radius 2 is 2.17 bits per heavy atom. The van der Waals surface area contributed by atoms with Gasteiger partial charge in [0.25, 0.3) is 0 Å². The number of nitrogens with one attached hydrogen (secondary N) is 1. The molecule has 1 aliphatic rings. The fourth-order valence-corrected chi connectivity index (χ4v) is 3.70. The minimum absolute atomic E-state index is 0.397. The third-order valence-corrected chi connectivity index (χ3v) is 4.64. The number of hydrogen-bond acceptors (Lipinski definition) is 2. The highest BCUT2D eigenvalue weighted by Gasteiger charge is 2.25. The molecule has 3 nitrogen and oxygen atoms in total. The van der Waals surface area contributed by atoms with Gasteiger partial charge in [0, 0.05) is 12.2 Å². The van der Waals surface area contributed by atoms with Crippen molar-refractivity contribution >= 4 is 34.9 Å². The molecule has 1 N–H and O–H groups in total. The van der Waals surface area contributed by atoms with E-state index in [-0.39, 0.29) is 0 Å². The fourth-order valence-electron chi connectivity index (χ4n) is 3.08. The second-order valence-corrected chi connectivity index (χ2v) is 5.90. The molecule has 1 unspecified atom stereocenters. The molecule has 0 amide bonds. The van der Waals surface area contributed by atoms with Gasteiger partial charge in [-0.15, -0.1) is 0 Å². The van der Waals surface area contributed by atoms with Crippen molar-refractivity contribution in [2.45, 2.75) is 38.6 Å². The molecular weight excluding hydrogens is 266 g/mol. The third-order valence-electron chi connectivity index (χ3n) is 4.06. The third kappa shape index (κ3) is 1.88. The van der Waals surface area contributed by atoms with Gasteiger partial charge in [0.05, 0.1) is 22.3 Å². The predicted molar refractivity (Wildman–Crippen MR) is 76.6 cm³/mol. The zero-order chi connectivity index (χ0) is 12.7. The number of fused-ring (bicyclic) bond motifs is 1. The number of halogens is 1. The van der Waals surface area contributed by atoms with Crippen molar-refractivity contribution in [2.24, 2.45) is 5.92 Å². The van der Waals surface area contributed by atoms with Gasteiger partial charge in [-0.1, -0.05) is 24.4 Å². The van der Waals surface area contributed by atoms with E-state index in [0.717, 1.165) is 15.8 Å². The van der Waals surface area contributed by atoms with Gasteiger partial charge in [-0.25, -0.2) is 0 Å². The SMILES string of the molecule is CC(C1CCCC1)n1c(=S)[nH]c2cncc(Cl)c21. The number of aromatic amines is 1. The lowest BCUT2D eigenvalue weighted by atomic mass is 9.99. The zero-order valence-corrected chi connectivity index (χ0v) is 11.9. The maximum absolute atomic E-state index is 6.28. The highest BCUT2D eigenvalue weighted by atomic mass is 35.5. The summed E-state index contributed by atoms with van der Waals surface area (Å²) >= 11 is 11.7. The lowest BCUT2D eigenvalue weighted by Gasteiger charge is -2.21. The van der Waals surface area contributed by atoms with Crippen molar-refractivity contribution in [2.75, 3.05) is 0 Å². The quantitative estimate of drug-likeness (QED) is 0.823. The zero-order valence-electron chi connectivity index (χ0n) is 10.3. The van der Waals surface area contributed by atoms with Gasteiger partial charge >= 0.3 is 0 Å². The first-order chi connectivity index (χ1) is 8.68. The van der Waals surface area contributed by atoms with E-state index in [4.69, 9.17) is 23.8 Å². The molecule has 0 saturated heterocycles. The van der Waals surface area contributed by atoms with Crippen LogP contribution in [0.4, 0.5) is 0 Å². The molecule has 5 heteroatoms. The van der Waals surface area contributed by atoms with Gasteiger partial charge in [0.15, 0.2) is 4.77 Å². The van der Waals surface area contributed by atoms with Crippen molar-refractivity contribution in [1.29, 1.82) is 0 Å². The second-order valence-electron chi connectivity index (χ2n) is 5.10. The maximum Gasteiger partial charge on any atom is 0.178 e. The van der Waals surface area contributed by atoms with Gasteiger partial charge < -0.3 is 9.55 Å². The minimum Gasteiger partial charge on any atom is -0.329 e. The molecule has 1 fully saturated rings. The van der Waals surface area contributed by atoms with Crippen LogP contribution in [0.2, 0.25) is 5.02 Å². The van der Waals surface area contributed by atoms with Gasteiger partial charge in [0.2, 0.25) is 0 Å². The monoisotopic (exact) mass is 281 g/mol. The Bertz CT molecular complexity index is 625. The fraction of sp³-hybridized carbons (Fsp3) is 0.538. The van der Waals surface area contributed by atoms with Crippen molar-refractivity contribution < 1.29 is 0 Å². The van der Waals surface area contributed by atoms with Crippen molar-refractivity contribution in [1.82, 2.24) is 14.5 Å². The smallest absolute Gasteiger partial charge is 0.178 e. The molecule has 18 heavy (non-hydrogen) atoms. The standard InChI is InChI=1S/C13H16ClN3S/c1-8(9-4-2-3-5-9)17-12-10(14)6-15-7-11(12)16-13(17)18/h6-9H,2-5H2,1H3,(H,16,18). The van der Waals surface area contributed by atoms with Gasteiger partial charge in [-0.2, -0.15) is 0 Å². The van der Waals surface area contributed by atoms with E-state index in [1.807, 2.05) is 0 Å². The van der Waals surface area contributed by atoms with Gasteiger partial charge in [-0.05, 0) is 37.9 Å². The van der Waals surface area contributed by atoms with Crippen LogP contribution in [-0.4, -0.2) is 14.5 Å². The topological polar surface area (TPSA) is 33.6 Å². The first kappa shape index (κ1) is 12.2. The molecule has 1 aliphatic carbocycles. The summed E-state index contributed by atoms with van der Waals surface area (Å²) in [5, 5.41) is 0.671. The number of imidazole rings is 1. The highest BCUT2D eigenvalue weighted by Crippen LogP contribution is 2.36. The average molecular weight is 282 g/mol. The first-order valence-corrected chi connectivity index (χ1v) is 7.21. The van der Waals surface area contributed by atoms with Crippen molar-refractivity contribution in [3.8, 4) is 0 Å². The van der Waals surface area contributed by atoms with Crippen LogP contribution in [-0.2, 0) is 0 Å². The van der Waals surface area contributed by atoms with Crippen LogP contribution in [0.1, 0.15) is 38.6 Å².